The second-order valence-electron chi connectivity index (χ2n) is 6.99. The van der Waals surface area contributed by atoms with E-state index in [0.29, 0.717) is 12.0 Å². The summed E-state index contributed by atoms with van der Waals surface area (Å²) in [5.41, 5.74) is 0.353. The van der Waals surface area contributed by atoms with Gasteiger partial charge in [0.25, 0.3) is 0 Å². The summed E-state index contributed by atoms with van der Waals surface area (Å²) in [5.74, 6) is -0.314. The van der Waals surface area contributed by atoms with E-state index >= 15 is 0 Å². The van der Waals surface area contributed by atoms with Gasteiger partial charge in [0, 0.05) is 11.5 Å². The van der Waals surface area contributed by atoms with E-state index in [0.717, 1.165) is 35.6 Å². The molecule has 2 heteroatoms. The fourth-order valence-corrected chi connectivity index (χ4v) is 4.23. The third-order valence-corrected chi connectivity index (χ3v) is 5.51. The van der Waals surface area contributed by atoms with E-state index in [2.05, 4.69) is 24.3 Å². The molecule has 1 saturated carbocycles. The standard InChI is InChI=1S/C23H22O2/c24-22(18-10-2-1-3-11-18)23(25)16-7-6-15-21(23)20-14-8-12-17-9-4-5-13-19(17)20/h1-5,8-14,21,25H,6-7,15-16H2. The molecule has 0 bridgehead atoms. The van der Waals surface area contributed by atoms with Crippen LogP contribution in [0.1, 0.15) is 47.5 Å². The first-order chi connectivity index (χ1) is 12.2. The maximum Gasteiger partial charge on any atom is 0.194 e. The van der Waals surface area contributed by atoms with Crippen LogP contribution in [0, 0.1) is 0 Å². The van der Waals surface area contributed by atoms with Crippen molar-refractivity contribution in [2.45, 2.75) is 37.2 Å². The SMILES string of the molecule is O=C(c1ccccc1)C1(O)CCCCC1c1cccc2ccccc12. The highest BCUT2D eigenvalue weighted by Gasteiger charge is 2.46. The largest absolute Gasteiger partial charge is 0.381 e. The van der Waals surface area contributed by atoms with Gasteiger partial charge < -0.3 is 5.11 Å². The van der Waals surface area contributed by atoms with Gasteiger partial charge >= 0.3 is 0 Å². The minimum absolute atomic E-state index is 0.147. The molecule has 1 N–H and O–H groups in total. The number of hydrogen-bond donors (Lipinski definition) is 1. The molecular weight excluding hydrogens is 308 g/mol. The van der Waals surface area contributed by atoms with Gasteiger partial charge in [-0.2, -0.15) is 0 Å². The van der Waals surface area contributed by atoms with Crippen LogP contribution in [0.25, 0.3) is 10.8 Å². The molecule has 0 aromatic heterocycles. The van der Waals surface area contributed by atoms with Gasteiger partial charge in [-0.05, 0) is 29.2 Å². The van der Waals surface area contributed by atoms with Crippen molar-refractivity contribution in [3.63, 3.8) is 0 Å². The van der Waals surface area contributed by atoms with Crippen molar-refractivity contribution in [1.29, 1.82) is 0 Å². The van der Waals surface area contributed by atoms with Crippen LogP contribution in [0.3, 0.4) is 0 Å². The number of rotatable bonds is 3. The zero-order chi connectivity index (χ0) is 17.3. The number of Topliss-reactive ketones (excluding diaryl/α,β-unsaturated/α-hetero) is 1. The van der Waals surface area contributed by atoms with Gasteiger partial charge in [0.15, 0.2) is 5.78 Å². The Bertz CT molecular complexity index is 895. The molecule has 3 aromatic carbocycles. The van der Waals surface area contributed by atoms with Crippen molar-refractivity contribution in [3.8, 4) is 0 Å². The number of carbonyl (C=O) groups is 1. The molecule has 4 rings (SSSR count). The van der Waals surface area contributed by atoms with Crippen LogP contribution in [0.5, 0.6) is 0 Å². The number of fused-ring (bicyclic) bond motifs is 1. The van der Waals surface area contributed by atoms with Crippen LogP contribution in [0.15, 0.2) is 72.8 Å². The first-order valence-electron chi connectivity index (χ1n) is 9.00. The molecule has 1 fully saturated rings. The lowest BCUT2D eigenvalue weighted by molar-refractivity contribution is -0.00203. The highest BCUT2D eigenvalue weighted by molar-refractivity contribution is 6.03. The summed E-state index contributed by atoms with van der Waals surface area (Å²) in [6.07, 6.45) is 3.28. The van der Waals surface area contributed by atoms with Crippen molar-refractivity contribution in [3.05, 3.63) is 83.9 Å². The number of hydrogen-bond acceptors (Lipinski definition) is 2. The molecule has 0 amide bonds. The second kappa shape index (κ2) is 6.45. The molecule has 126 valence electrons. The predicted octanol–water partition coefficient (Wildman–Crippen LogP) is 5.11. The van der Waals surface area contributed by atoms with Gasteiger partial charge in [-0.25, -0.2) is 0 Å². The summed E-state index contributed by atoms with van der Waals surface area (Å²) < 4.78 is 0. The van der Waals surface area contributed by atoms with Gasteiger partial charge in [-0.15, -0.1) is 0 Å². The molecule has 0 aliphatic heterocycles. The molecule has 0 heterocycles. The van der Waals surface area contributed by atoms with E-state index in [4.69, 9.17) is 0 Å². The monoisotopic (exact) mass is 330 g/mol. The van der Waals surface area contributed by atoms with Crippen LogP contribution in [0.4, 0.5) is 0 Å². The minimum Gasteiger partial charge on any atom is -0.381 e. The lowest BCUT2D eigenvalue weighted by Crippen LogP contribution is -2.46. The Kier molecular flexibility index (Phi) is 4.14. The first kappa shape index (κ1) is 16.0. The number of benzene rings is 3. The first-order valence-corrected chi connectivity index (χ1v) is 9.00. The maximum absolute atomic E-state index is 13.2. The Labute approximate surface area is 148 Å². The average molecular weight is 330 g/mol. The van der Waals surface area contributed by atoms with Gasteiger partial charge in [-0.3, -0.25) is 4.79 Å². The van der Waals surface area contributed by atoms with Gasteiger partial charge in [0.2, 0.25) is 0 Å². The summed E-state index contributed by atoms with van der Waals surface area (Å²) in [5, 5.41) is 13.8. The zero-order valence-corrected chi connectivity index (χ0v) is 14.2. The Morgan fingerprint density at radius 3 is 2.44 bits per heavy atom. The Morgan fingerprint density at radius 2 is 1.60 bits per heavy atom. The quantitative estimate of drug-likeness (QED) is 0.677. The summed E-state index contributed by atoms with van der Waals surface area (Å²) >= 11 is 0. The Morgan fingerprint density at radius 1 is 0.880 bits per heavy atom. The van der Waals surface area contributed by atoms with E-state index in [1.165, 1.54) is 0 Å². The fourth-order valence-electron chi connectivity index (χ4n) is 4.23. The molecule has 25 heavy (non-hydrogen) atoms. The summed E-state index contributed by atoms with van der Waals surface area (Å²) in [6.45, 7) is 0. The molecule has 2 unspecified atom stereocenters. The van der Waals surface area contributed by atoms with Crippen molar-refractivity contribution < 1.29 is 9.90 Å². The normalized spacial score (nSPS) is 23.5. The molecule has 2 nitrogen and oxygen atoms in total. The molecule has 2 atom stereocenters. The van der Waals surface area contributed by atoms with E-state index in [1.807, 2.05) is 36.4 Å². The van der Waals surface area contributed by atoms with Crippen molar-refractivity contribution in [1.82, 2.24) is 0 Å². The van der Waals surface area contributed by atoms with Crippen molar-refractivity contribution >= 4 is 16.6 Å². The smallest absolute Gasteiger partial charge is 0.194 e. The molecule has 0 spiro atoms. The molecule has 3 aromatic rings. The third kappa shape index (κ3) is 2.77. The second-order valence-corrected chi connectivity index (χ2v) is 6.99. The van der Waals surface area contributed by atoms with Crippen molar-refractivity contribution in [2.75, 3.05) is 0 Å². The maximum atomic E-state index is 13.2. The van der Waals surface area contributed by atoms with Gasteiger partial charge in [0.05, 0.1) is 0 Å². The number of aliphatic hydroxyl groups is 1. The molecule has 1 aliphatic carbocycles. The van der Waals surface area contributed by atoms with E-state index in [1.54, 1.807) is 12.1 Å². The summed E-state index contributed by atoms with van der Waals surface area (Å²) in [7, 11) is 0. The van der Waals surface area contributed by atoms with E-state index < -0.39 is 5.60 Å². The van der Waals surface area contributed by atoms with Gasteiger partial charge in [-0.1, -0.05) is 85.6 Å². The molecule has 1 aliphatic rings. The molecular formula is C23H22O2. The van der Waals surface area contributed by atoms with Crippen molar-refractivity contribution in [2.24, 2.45) is 0 Å². The summed E-state index contributed by atoms with van der Waals surface area (Å²) in [4.78, 5) is 13.2. The van der Waals surface area contributed by atoms with Gasteiger partial charge in [0.1, 0.15) is 5.60 Å². The van der Waals surface area contributed by atoms with Crippen LogP contribution in [-0.4, -0.2) is 16.5 Å². The predicted molar refractivity (Wildman–Crippen MR) is 101 cm³/mol. The lowest BCUT2D eigenvalue weighted by Gasteiger charge is -2.39. The minimum atomic E-state index is -1.33. The average Bonchev–Trinajstić information content (AvgIpc) is 2.68. The Balaban J connectivity index is 1.82. The fraction of sp³-hybridized carbons (Fsp3) is 0.261. The number of ketones is 1. The third-order valence-electron chi connectivity index (χ3n) is 5.51. The highest BCUT2D eigenvalue weighted by atomic mass is 16.3. The lowest BCUT2D eigenvalue weighted by atomic mass is 9.68. The van der Waals surface area contributed by atoms with E-state index in [-0.39, 0.29) is 11.7 Å². The summed E-state index contributed by atoms with van der Waals surface area (Å²) in [6, 6.07) is 23.6. The van der Waals surface area contributed by atoms with E-state index in [9.17, 15) is 9.90 Å². The Hall–Kier alpha value is -2.45. The zero-order valence-electron chi connectivity index (χ0n) is 14.2. The topological polar surface area (TPSA) is 37.3 Å². The van der Waals surface area contributed by atoms with Crippen LogP contribution >= 0.6 is 0 Å². The highest BCUT2D eigenvalue weighted by Crippen LogP contribution is 2.44. The number of carbonyl (C=O) groups excluding carboxylic acids is 1. The van der Waals surface area contributed by atoms with Crippen LogP contribution in [-0.2, 0) is 0 Å². The van der Waals surface area contributed by atoms with Crippen LogP contribution in [0.2, 0.25) is 0 Å². The molecule has 0 saturated heterocycles. The molecule has 0 radical (unpaired) electrons. The van der Waals surface area contributed by atoms with Crippen LogP contribution < -0.4 is 0 Å².